The highest BCUT2D eigenvalue weighted by molar-refractivity contribution is 5.76. The molecule has 1 heterocycles. The van der Waals surface area contributed by atoms with Gasteiger partial charge in [-0.25, -0.2) is 4.98 Å². The van der Waals surface area contributed by atoms with Crippen molar-refractivity contribution in [3.63, 3.8) is 0 Å². The number of hydrogen-bond donors (Lipinski definition) is 0. The van der Waals surface area contributed by atoms with Gasteiger partial charge in [0.2, 0.25) is 0 Å². The van der Waals surface area contributed by atoms with Gasteiger partial charge in [0.15, 0.2) is 0 Å². The van der Waals surface area contributed by atoms with Crippen molar-refractivity contribution in [3.05, 3.63) is 65.5 Å². The molecule has 0 aliphatic carbocycles. The van der Waals surface area contributed by atoms with Crippen LogP contribution in [-0.2, 0) is 6.42 Å². The average Bonchev–Trinajstić information content (AvgIpc) is 3.00. The first-order valence-electron chi connectivity index (χ1n) is 9.57. The Morgan fingerprint density at radius 2 is 1.60 bits per heavy atom. The van der Waals surface area contributed by atoms with E-state index in [4.69, 9.17) is 4.98 Å². The van der Waals surface area contributed by atoms with Crippen LogP contribution < -0.4 is 0 Å². The summed E-state index contributed by atoms with van der Waals surface area (Å²) in [6, 6.07) is 18.1. The molecule has 25 heavy (non-hydrogen) atoms. The lowest BCUT2D eigenvalue weighted by molar-refractivity contribution is 0.514. The second kappa shape index (κ2) is 7.43. The molecule has 0 radical (unpaired) electrons. The first kappa shape index (κ1) is 17.7. The summed E-state index contributed by atoms with van der Waals surface area (Å²) < 4.78 is 2.43. The van der Waals surface area contributed by atoms with Crippen molar-refractivity contribution < 1.29 is 0 Å². The highest BCUT2D eigenvalue weighted by Gasteiger charge is 2.20. The van der Waals surface area contributed by atoms with Crippen LogP contribution in [0.2, 0.25) is 0 Å². The molecule has 0 spiro atoms. The predicted octanol–water partition coefficient (Wildman–Crippen LogP) is 6.36. The zero-order valence-electron chi connectivity index (χ0n) is 16.2. The molecule has 2 heteroatoms. The fourth-order valence-corrected chi connectivity index (χ4v) is 3.58. The molecule has 0 bridgehead atoms. The van der Waals surface area contributed by atoms with E-state index < -0.39 is 0 Å². The van der Waals surface area contributed by atoms with Crippen LogP contribution >= 0.6 is 0 Å². The summed E-state index contributed by atoms with van der Waals surface area (Å²) in [6.45, 7) is 11.3. The fraction of sp³-hybridized carbons (Fsp3) is 0.435. The van der Waals surface area contributed by atoms with Gasteiger partial charge in [0.05, 0.1) is 11.0 Å². The Morgan fingerprint density at radius 1 is 0.920 bits per heavy atom. The van der Waals surface area contributed by atoms with Crippen molar-refractivity contribution in [1.82, 2.24) is 9.55 Å². The van der Waals surface area contributed by atoms with E-state index in [9.17, 15) is 0 Å². The quantitative estimate of drug-likeness (QED) is 0.513. The van der Waals surface area contributed by atoms with E-state index in [0.717, 1.165) is 18.4 Å². The maximum Gasteiger partial charge on any atom is 0.117 e. The lowest BCUT2D eigenvalue weighted by Gasteiger charge is -2.20. The van der Waals surface area contributed by atoms with E-state index >= 15 is 0 Å². The van der Waals surface area contributed by atoms with Crippen molar-refractivity contribution >= 4 is 11.0 Å². The molecule has 0 amide bonds. The summed E-state index contributed by atoms with van der Waals surface area (Å²) in [5, 5.41) is 0. The molecular formula is C23H30N2. The maximum absolute atomic E-state index is 4.99. The molecule has 3 aromatic rings. The first-order chi connectivity index (χ1) is 12.0. The first-order valence-corrected chi connectivity index (χ1v) is 9.57. The number of fused-ring (bicyclic) bond motifs is 1. The molecule has 3 rings (SSSR count). The van der Waals surface area contributed by atoms with Crippen molar-refractivity contribution in [2.45, 2.75) is 59.4 Å². The summed E-state index contributed by atoms with van der Waals surface area (Å²) in [4.78, 5) is 4.99. The summed E-state index contributed by atoms with van der Waals surface area (Å²) in [6.07, 6.45) is 2.24. The Labute approximate surface area is 151 Å². The third-order valence-corrected chi connectivity index (χ3v) is 5.17. The summed E-state index contributed by atoms with van der Waals surface area (Å²) in [7, 11) is 0. The minimum absolute atomic E-state index is 0.287. The van der Waals surface area contributed by atoms with Gasteiger partial charge in [0.25, 0.3) is 0 Å². The molecule has 0 saturated heterocycles. The monoisotopic (exact) mass is 334 g/mol. The van der Waals surface area contributed by atoms with E-state index in [2.05, 4.69) is 87.7 Å². The van der Waals surface area contributed by atoms with Gasteiger partial charge in [-0.05, 0) is 48.9 Å². The molecule has 1 aromatic heterocycles. The standard InChI is InChI=1S/C23H30N2/c1-6-17(4)25-22-10-8-7-9-21(22)24-23(25)18(5)20-13-11-19(12-14-20)15-16(2)3/h7-14,16-18H,6,15H2,1-5H3/t17-,18-/m1/s1. The molecule has 132 valence electrons. The van der Waals surface area contributed by atoms with E-state index in [1.807, 2.05) is 0 Å². The van der Waals surface area contributed by atoms with Gasteiger partial charge in [-0.1, -0.05) is 64.1 Å². The molecule has 0 unspecified atom stereocenters. The number of para-hydroxylation sites is 2. The third-order valence-electron chi connectivity index (χ3n) is 5.17. The molecular weight excluding hydrogens is 304 g/mol. The molecule has 0 saturated carbocycles. The van der Waals surface area contributed by atoms with Crippen LogP contribution in [0.3, 0.4) is 0 Å². The number of aromatic nitrogens is 2. The second-order valence-corrected chi connectivity index (χ2v) is 7.65. The van der Waals surface area contributed by atoms with Crippen LogP contribution in [0.1, 0.15) is 70.0 Å². The van der Waals surface area contributed by atoms with Crippen molar-refractivity contribution in [2.75, 3.05) is 0 Å². The predicted molar refractivity (Wildman–Crippen MR) is 107 cm³/mol. The van der Waals surface area contributed by atoms with Crippen LogP contribution in [0.15, 0.2) is 48.5 Å². The van der Waals surface area contributed by atoms with Gasteiger partial charge in [-0.15, -0.1) is 0 Å². The Balaban J connectivity index is 2.00. The van der Waals surface area contributed by atoms with E-state index in [0.29, 0.717) is 12.0 Å². The highest BCUT2D eigenvalue weighted by atomic mass is 15.1. The van der Waals surface area contributed by atoms with Crippen LogP contribution in [0, 0.1) is 5.92 Å². The summed E-state index contributed by atoms with van der Waals surface area (Å²) in [5.41, 5.74) is 5.10. The van der Waals surface area contributed by atoms with Gasteiger partial charge in [0, 0.05) is 12.0 Å². The minimum atomic E-state index is 0.287. The van der Waals surface area contributed by atoms with E-state index in [1.54, 1.807) is 0 Å². The normalized spacial score (nSPS) is 14.2. The molecule has 0 N–H and O–H groups in total. The zero-order chi connectivity index (χ0) is 18.0. The number of imidazole rings is 1. The van der Waals surface area contributed by atoms with Crippen LogP contribution in [0.4, 0.5) is 0 Å². The molecule has 0 fully saturated rings. The largest absolute Gasteiger partial charge is 0.325 e. The number of rotatable bonds is 6. The van der Waals surface area contributed by atoms with Crippen molar-refractivity contribution in [2.24, 2.45) is 5.92 Å². The second-order valence-electron chi connectivity index (χ2n) is 7.65. The van der Waals surface area contributed by atoms with Gasteiger partial charge in [0.1, 0.15) is 5.82 Å². The minimum Gasteiger partial charge on any atom is -0.325 e. The van der Waals surface area contributed by atoms with Crippen LogP contribution in [-0.4, -0.2) is 9.55 Å². The SMILES string of the molecule is CC[C@@H](C)n1c([C@H](C)c2ccc(CC(C)C)cc2)nc2ccccc21. The third kappa shape index (κ3) is 3.63. The Morgan fingerprint density at radius 3 is 2.24 bits per heavy atom. The van der Waals surface area contributed by atoms with Gasteiger partial charge >= 0.3 is 0 Å². The Kier molecular flexibility index (Phi) is 5.27. The van der Waals surface area contributed by atoms with Gasteiger partial charge < -0.3 is 4.57 Å². The number of nitrogens with zero attached hydrogens (tertiary/aromatic N) is 2. The highest BCUT2D eigenvalue weighted by Crippen LogP contribution is 2.31. The fourth-order valence-electron chi connectivity index (χ4n) is 3.58. The van der Waals surface area contributed by atoms with Crippen molar-refractivity contribution in [3.8, 4) is 0 Å². The number of hydrogen-bond acceptors (Lipinski definition) is 1. The molecule has 2 atom stereocenters. The topological polar surface area (TPSA) is 17.8 Å². The van der Waals surface area contributed by atoms with Crippen molar-refractivity contribution in [1.29, 1.82) is 0 Å². The lowest BCUT2D eigenvalue weighted by atomic mass is 9.96. The Bertz CT molecular complexity index is 827. The van der Waals surface area contributed by atoms with E-state index in [-0.39, 0.29) is 5.92 Å². The maximum atomic E-state index is 4.99. The van der Waals surface area contributed by atoms with Crippen LogP contribution in [0.5, 0.6) is 0 Å². The average molecular weight is 335 g/mol. The van der Waals surface area contributed by atoms with E-state index in [1.165, 1.54) is 22.5 Å². The molecule has 2 nitrogen and oxygen atoms in total. The summed E-state index contributed by atoms with van der Waals surface area (Å²) in [5.74, 6) is 2.15. The summed E-state index contributed by atoms with van der Waals surface area (Å²) >= 11 is 0. The molecule has 0 aliphatic rings. The smallest absolute Gasteiger partial charge is 0.117 e. The zero-order valence-corrected chi connectivity index (χ0v) is 16.2. The van der Waals surface area contributed by atoms with Gasteiger partial charge in [-0.3, -0.25) is 0 Å². The van der Waals surface area contributed by atoms with Gasteiger partial charge in [-0.2, -0.15) is 0 Å². The molecule has 0 aliphatic heterocycles. The molecule has 2 aromatic carbocycles. The lowest BCUT2D eigenvalue weighted by Crippen LogP contribution is -2.12. The number of benzene rings is 2. The Hall–Kier alpha value is -2.09. The van der Waals surface area contributed by atoms with Crippen LogP contribution in [0.25, 0.3) is 11.0 Å².